The zero-order valence-electron chi connectivity index (χ0n) is 17.2. The molecule has 4 aromatic heterocycles. The van der Waals surface area contributed by atoms with Gasteiger partial charge in [-0.3, -0.25) is 0 Å². The van der Waals surface area contributed by atoms with E-state index in [1.807, 2.05) is 30.3 Å². The van der Waals surface area contributed by atoms with Crippen LogP contribution in [-0.2, 0) is 6.54 Å². The van der Waals surface area contributed by atoms with Crippen molar-refractivity contribution in [3.05, 3.63) is 59.9 Å². The summed E-state index contributed by atoms with van der Waals surface area (Å²) < 4.78 is 20.1. The molecule has 0 atom stereocenters. The van der Waals surface area contributed by atoms with Crippen molar-refractivity contribution in [1.82, 2.24) is 24.1 Å². The Balaban J connectivity index is 1.67. The van der Waals surface area contributed by atoms with Gasteiger partial charge in [-0.05, 0) is 49.7 Å². The molecule has 0 spiro atoms. The molecule has 0 saturated heterocycles. The van der Waals surface area contributed by atoms with Gasteiger partial charge in [-0.15, -0.1) is 5.10 Å². The van der Waals surface area contributed by atoms with Crippen molar-refractivity contribution in [2.24, 2.45) is 0 Å². The first-order valence-electron chi connectivity index (χ1n) is 9.56. The first-order chi connectivity index (χ1) is 14.6. The minimum Gasteiger partial charge on any atom is -0.493 e. The fraction of sp³-hybridized carbons (Fsp3) is 0.227. The van der Waals surface area contributed by atoms with Crippen molar-refractivity contribution in [1.29, 1.82) is 0 Å². The number of rotatable bonds is 5. The Bertz CT molecular complexity index is 1370. The number of nitrogens with zero attached hydrogens (tertiary/aromatic N) is 5. The van der Waals surface area contributed by atoms with Gasteiger partial charge in [-0.2, -0.15) is 0 Å². The fourth-order valence-corrected chi connectivity index (χ4v) is 3.78. The number of hydrogen-bond donors (Lipinski definition) is 0. The van der Waals surface area contributed by atoms with Gasteiger partial charge in [0, 0.05) is 11.3 Å². The van der Waals surface area contributed by atoms with Gasteiger partial charge in [0.2, 0.25) is 0 Å². The highest BCUT2D eigenvalue weighted by molar-refractivity contribution is 5.94. The minimum absolute atomic E-state index is 0.598. The molecular formula is C22H21N5O3. The third kappa shape index (κ3) is 2.72. The molecule has 4 heterocycles. The molecule has 0 saturated carbocycles. The van der Waals surface area contributed by atoms with E-state index in [0.717, 1.165) is 39.3 Å². The predicted octanol–water partition coefficient (Wildman–Crippen LogP) is 4.02. The van der Waals surface area contributed by atoms with E-state index in [1.54, 1.807) is 31.3 Å². The third-order valence-electron chi connectivity index (χ3n) is 5.48. The lowest BCUT2D eigenvalue weighted by molar-refractivity contribution is 0.355. The van der Waals surface area contributed by atoms with Crippen LogP contribution in [0.5, 0.6) is 11.5 Å². The maximum absolute atomic E-state index is 5.54. The Morgan fingerprint density at radius 2 is 1.87 bits per heavy atom. The van der Waals surface area contributed by atoms with Gasteiger partial charge in [-0.1, -0.05) is 0 Å². The summed E-state index contributed by atoms with van der Waals surface area (Å²) in [7, 11) is 3.22. The maximum Gasteiger partial charge on any atom is 0.182 e. The number of ether oxygens (including phenoxy) is 2. The Hall–Kier alpha value is -3.81. The van der Waals surface area contributed by atoms with Crippen LogP contribution in [0.4, 0.5) is 0 Å². The van der Waals surface area contributed by atoms with Gasteiger partial charge in [0.15, 0.2) is 23.0 Å². The van der Waals surface area contributed by atoms with E-state index in [9.17, 15) is 0 Å². The number of furan rings is 1. The van der Waals surface area contributed by atoms with Crippen LogP contribution < -0.4 is 9.47 Å². The molecule has 8 nitrogen and oxygen atoms in total. The molecule has 0 aliphatic rings. The molecule has 30 heavy (non-hydrogen) atoms. The van der Waals surface area contributed by atoms with Crippen molar-refractivity contribution in [2.45, 2.75) is 20.4 Å². The highest BCUT2D eigenvalue weighted by Crippen LogP contribution is 2.33. The highest BCUT2D eigenvalue weighted by Gasteiger charge is 2.19. The second-order valence-corrected chi connectivity index (χ2v) is 7.09. The summed E-state index contributed by atoms with van der Waals surface area (Å²) in [5.41, 5.74) is 4.72. The van der Waals surface area contributed by atoms with E-state index in [0.29, 0.717) is 23.9 Å². The standard InChI is InChI=1S/C22H21N5O3/c1-13-14(2)26(11-16-6-5-9-30-16)21-19(13)22-24-20(25-27(22)12-23-21)15-7-8-17(28-3)18(10-15)29-4/h5-10,12H,11H2,1-4H3. The van der Waals surface area contributed by atoms with E-state index in [1.165, 1.54) is 0 Å². The molecule has 1 aromatic carbocycles. The summed E-state index contributed by atoms with van der Waals surface area (Å²) >= 11 is 0. The van der Waals surface area contributed by atoms with E-state index in [-0.39, 0.29) is 0 Å². The molecule has 5 rings (SSSR count). The quantitative estimate of drug-likeness (QED) is 0.441. The van der Waals surface area contributed by atoms with Crippen molar-refractivity contribution in [3.8, 4) is 22.9 Å². The smallest absolute Gasteiger partial charge is 0.182 e. The molecule has 152 valence electrons. The van der Waals surface area contributed by atoms with Crippen molar-refractivity contribution < 1.29 is 13.9 Å². The van der Waals surface area contributed by atoms with Crippen LogP contribution in [0.15, 0.2) is 47.3 Å². The lowest BCUT2D eigenvalue weighted by Crippen LogP contribution is -2.02. The lowest BCUT2D eigenvalue weighted by Gasteiger charge is -2.07. The molecule has 5 aromatic rings. The first-order valence-corrected chi connectivity index (χ1v) is 9.56. The zero-order chi connectivity index (χ0) is 20.8. The van der Waals surface area contributed by atoms with E-state index in [2.05, 4.69) is 28.5 Å². The molecule has 8 heteroatoms. The number of aryl methyl sites for hydroxylation is 1. The van der Waals surface area contributed by atoms with Gasteiger partial charge in [0.25, 0.3) is 0 Å². The second-order valence-electron chi connectivity index (χ2n) is 7.09. The topological polar surface area (TPSA) is 79.6 Å². The lowest BCUT2D eigenvalue weighted by atomic mass is 10.2. The number of benzene rings is 1. The largest absolute Gasteiger partial charge is 0.493 e. The molecule has 0 bridgehead atoms. The van der Waals surface area contributed by atoms with Gasteiger partial charge >= 0.3 is 0 Å². The molecular weight excluding hydrogens is 382 g/mol. The number of methoxy groups -OCH3 is 2. The van der Waals surface area contributed by atoms with Crippen LogP contribution in [0, 0.1) is 13.8 Å². The monoisotopic (exact) mass is 403 g/mol. The molecule has 0 aliphatic carbocycles. The normalized spacial score (nSPS) is 11.5. The van der Waals surface area contributed by atoms with E-state index in [4.69, 9.17) is 18.9 Å². The van der Waals surface area contributed by atoms with Crippen LogP contribution in [0.1, 0.15) is 17.0 Å². The SMILES string of the molecule is COc1ccc(-c2nc3c4c(C)c(C)n(Cc5ccco5)c4ncn3n2)cc1OC. The molecule has 0 fully saturated rings. The minimum atomic E-state index is 0.598. The summed E-state index contributed by atoms with van der Waals surface area (Å²) in [6, 6.07) is 9.50. The third-order valence-corrected chi connectivity index (χ3v) is 5.48. The fourth-order valence-electron chi connectivity index (χ4n) is 3.78. The zero-order valence-corrected chi connectivity index (χ0v) is 17.2. The molecule has 0 N–H and O–H groups in total. The van der Waals surface area contributed by atoms with Gasteiger partial charge in [0.05, 0.1) is 32.4 Å². The average Bonchev–Trinajstić information content (AvgIpc) is 3.49. The van der Waals surface area contributed by atoms with Crippen LogP contribution in [0.2, 0.25) is 0 Å². The highest BCUT2D eigenvalue weighted by atomic mass is 16.5. The number of aromatic nitrogens is 5. The van der Waals surface area contributed by atoms with Crippen molar-refractivity contribution in [2.75, 3.05) is 14.2 Å². The van der Waals surface area contributed by atoms with Crippen molar-refractivity contribution >= 4 is 16.7 Å². The number of hydrogen-bond acceptors (Lipinski definition) is 6. The summed E-state index contributed by atoms with van der Waals surface area (Å²) in [6.45, 7) is 4.79. The predicted molar refractivity (Wildman–Crippen MR) is 112 cm³/mol. The van der Waals surface area contributed by atoms with Crippen LogP contribution in [0.3, 0.4) is 0 Å². The average molecular weight is 403 g/mol. The molecule has 0 unspecified atom stereocenters. The van der Waals surface area contributed by atoms with Gasteiger partial charge in [0.1, 0.15) is 17.7 Å². The maximum atomic E-state index is 5.54. The first kappa shape index (κ1) is 18.2. The van der Waals surface area contributed by atoms with E-state index >= 15 is 0 Å². The van der Waals surface area contributed by atoms with Gasteiger partial charge in [-0.25, -0.2) is 14.5 Å². The number of fused-ring (bicyclic) bond motifs is 3. The molecule has 0 aliphatic heterocycles. The van der Waals surface area contributed by atoms with Crippen molar-refractivity contribution in [3.63, 3.8) is 0 Å². The van der Waals surface area contributed by atoms with Crippen LogP contribution in [0.25, 0.3) is 28.1 Å². The Morgan fingerprint density at radius 1 is 1.03 bits per heavy atom. The molecule has 0 radical (unpaired) electrons. The summed E-state index contributed by atoms with van der Waals surface area (Å²) in [5.74, 6) is 2.77. The summed E-state index contributed by atoms with van der Waals surface area (Å²) in [6.07, 6.45) is 3.38. The second kappa shape index (κ2) is 6.91. The van der Waals surface area contributed by atoms with Gasteiger partial charge < -0.3 is 18.5 Å². The van der Waals surface area contributed by atoms with Crippen LogP contribution in [-0.4, -0.2) is 38.4 Å². The Kier molecular flexibility index (Phi) is 4.20. The van der Waals surface area contributed by atoms with E-state index < -0.39 is 0 Å². The summed E-state index contributed by atoms with van der Waals surface area (Å²) in [5, 5.41) is 5.63. The van der Waals surface area contributed by atoms with Crippen LogP contribution >= 0.6 is 0 Å². The molecule has 0 amide bonds. The Labute approximate surface area is 172 Å². The summed E-state index contributed by atoms with van der Waals surface area (Å²) in [4.78, 5) is 9.51. The Morgan fingerprint density at radius 3 is 2.60 bits per heavy atom.